The highest BCUT2D eigenvalue weighted by Crippen LogP contribution is 2.20. The third-order valence-electron chi connectivity index (χ3n) is 1.89. The number of rotatable bonds is 3. The van der Waals surface area contributed by atoms with Gasteiger partial charge in [-0.1, -0.05) is 30.7 Å². The Morgan fingerprint density at radius 3 is 2.85 bits per heavy atom. The normalized spacial score (nSPS) is 11.5. The van der Waals surface area contributed by atoms with Crippen LogP contribution in [0.1, 0.15) is 18.9 Å². The highest BCUT2D eigenvalue weighted by molar-refractivity contribution is 6.30. The number of nitrogens with one attached hydrogen (secondary N) is 1. The van der Waals surface area contributed by atoms with Crippen molar-refractivity contribution in [1.82, 2.24) is 5.32 Å². The lowest BCUT2D eigenvalue weighted by atomic mass is 10.1. The number of hydrogen-bond acceptors (Lipinski definition) is 1. The molecule has 70 valence electrons. The van der Waals surface area contributed by atoms with Crippen molar-refractivity contribution < 1.29 is 0 Å². The van der Waals surface area contributed by atoms with Crippen LogP contribution in [-0.2, 0) is 0 Å². The van der Waals surface area contributed by atoms with Gasteiger partial charge < -0.3 is 5.32 Å². The molecular weight excluding hydrogens is 182 g/mol. The molecule has 1 aromatic carbocycles. The fourth-order valence-electron chi connectivity index (χ4n) is 1.25. The molecule has 0 fully saturated rings. The number of benzene rings is 1. The predicted octanol–water partition coefficient (Wildman–Crippen LogP) is 3.31. The molecule has 0 radical (unpaired) electrons. The Kier molecular flexibility index (Phi) is 3.84. The SMILES string of the molecule is CC/C(=C/NC)c1cccc(Cl)c1. The highest BCUT2D eigenvalue weighted by atomic mass is 35.5. The number of hydrogen-bond donors (Lipinski definition) is 1. The minimum Gasteiger partial charge on any atom is -0.394 e. The number of allylic oxidation sites excluding steroid dienone is 1. The predicted molar refractivity (Wildman–Crippen MR) is 58.8 cm³/mol. The summed E-state index contributed by atoms with van der Waals surface area (Å²) in [7, 11) is 1.90. The lowest BCUT2D eigenvalue weighted by Gasteiger charge is -2.04. The summed E-state index contributed by atoms with van der Waals surface area (Å²) in [4.78, 5) is 0. The summed E-state index contributed by atoms with van der Waals surface area (Å²) in [6.07, 6.45) is 3.01. The van der Waals surface area contributed by atoms with E-state index >= 15 is 0 Å². The first-order chi connectivity index (χ1) is 6.27. The Morgan fingerprint density at radius 2 is 2.31 bits per heavy atom. The first-order valence-corrected chi connectivity index (χ1v) is 4.78. The topological polar surface area (TPSA) is 12.0 Å². The monoisotopic (exact) mass is 195 g/mol. The summed E-state index contributed by atoms with van der Waals surface area (Å²) < 4.78 is 0. The van der Waals surface area contributed by atoms with Crippen LogP contribution in [0.2, 0.25) is 5.02 Å². The quantitative estimate of drug-likeness (QED) is 0.781. The third-order valence-corrected chi connectivity index (χ3v) is 2.13. The molecule has 1 aromatic rings. The van der Waals surface area contributed by atoms with Crippen molar-refractivity contribution in [3.05, 3.63) is 41.1 Å². The summed E-state index contributed by atoms with van der Waals surface area (Å²) >= 11 is 5.90. The van der Waals surface area contributed by atoms with Crippen LogP contribution in [0.3, 0.4) is 0 Å². The van der Waals surface area contributed by atoms with E-state index in [1.54, 1.807) is 0 Å². The van der Waals surface area contributed by atoms with Gasteiger partial charge in [0.1, 0.15) is 0 Å². The van der Waals surface area contributed by atoms with Crippen LogP contribution in [0.4, 0.5) is 0 Å². The van der Waals surface area contributed by atoms with Crippen molar-refractivity contribution in [3.8, 4) is 0 Å². The standard InChI is InChI=1S/C11H14ClN/c1-3-9(8-13-2)10-5-4-6-11(12)7-10/h4-8,13H,3H2,1-2H3/b9-8-. The van der Waals surface area contributed by atoms with E-state index in [1.807, 2.05) is 31.4 Å². The zero-order valence-corrected chi connectivity index (χ0v) is 8.73. The van der Waals surface area contributed by atoms with Gasteiger partial charge in [0.05, 0.1) is 0 Å². The largest absolute Gasteiger partial charge is 0.394 e. The average molecular weight is 196 g/mol. The molecule has 1 nitrogen and oxygen atoms in total. The molecule has 1 N–H and O–H groups in total. The molecule has 0 aromatic heterocycles. The maximum Gasteiger partial charge on any atom is 0.0412 e. The van der Waals surface area contributed by atoms with Crippen molar-refractivity contribution in [1.29, 1.82) is 0 Å². The molecule has 0 saturated carbocycles. The van der Waals surface area contributed by atoms with Crippen LogP contribution in [0.15, 0.2) is 30.5 Å². The summed E-state index contributed by atoms with van der Waals surface area (Å²) in [5.74, 6) is 0. The average Bonchev–Trinajstić information content (AvgIpc) is 2.14. The van der Waals surface area contributed by atoms with Gasteiger partial charge >= 0.3 is 0 Å². The summed E-state index contributed by atoms with van der Waals surface area (Å²) in [6, 6.07) is 7.90. The van der Waals surface area contributed by atoms with Gasteiger partial charge in [-0.2, -0.15) is 0 Å². The molecule has 0 bridgehead atoms. The highest BCUT2D eigenvalue weighted by Gasteiger charge is 1.98. The van der Waals surface area contributed by atoms with Crippen LogP contribution in [0.5, 0.6) is 0 Å². The zero-order valence-electron chi connectivity index (χ0n) is 7.97. The lowest BCUT2D eigenvalue weighted by molar-refractivity contribution is 1.08. The van der Waals surface area contributed by atoms with Gasteiger partial charge in [0.2, 0.25) is 0 Å². The van der Waals surface area contributed by atoms with Crippen molar-refractivity contribution in [3.63, 3.8) is 0 Å². The first kappa shape index (κ1) is 10.1. The van der Waals surface area contributed by atoms with Gasteiger partial charge in [0.15, 0.2) is 0 Å². The zero-order chi connectivity index (χ0) is 9.68. The van der Waals surface area contributed by atoms with E-state index in [0.717, 1.165) is 11.4 Å². The Balaban J connectivity index is 2.98. The van der Waals surface area contributed by atoms with E-state index in [-0.39, 0.29) is 0 Å². The van der Waals surface area contributed by atoms with Gasteiger partial charge in [-0.15, -0.1) is 0 Å². The van der Waals surface area contributed by atoms with E-state index in [2.05, 4.69) is 18.3 Å². The third kappa shape index (κ3) is 2.78. The first-order valence-electron chi connectivity index (χ1n) is 4.40. The minimum atomic E-state index is 0.785. The van der Waals surface area contributed by atoms with Crippen molar-refractivity contribution >= 4 is 17.2 Å². The second-order valence-corrected chi connectivity index (χ2v) is 3.26. The molecule has 0 amide bonds. The molecule has 2 heteroatoms. The van der Waals surface area contributed by atoms with E-state index < -0.39 is 0 Å². The van der Waals surface area contributed by atoms with Gasteiger partial charge in [-0.3, -0.25) is 0 Å². The molecule has 0 atom stereocenters. The fourth-order valence-corrected chi connectivity index (χ4v) is 1.44. The minimum absolute atomic E-state index is 0.785. The van der Waals surface area contributed by atoms with Crippen LogP contribution in [0.25, 0.3) is 5.57 Å². The molecular formula is C11H14ClN. The smallest absolute Gasteiger partial charge is 0.0412 e. The Bertz CT molecular complexity index is 305. The molecule has 0 aliphatic rings. The summed E-state index contributed by atoms with van der Waals surface area (Å²) in [5, 5.41) is 3.82. The summed E-state index contributed by atoms with van der Waals surface area (Å²) in [5.41, 5.74) is 2.45. The van der Waals surface area contributed by atoms with Crippen LogP contribution < -0.4 is 5.32 Å². The maximum absolute atomic E-state index is 5.90. The lowest BCUT2D eigenvalue weighted by Crippen LogP contribution is -1.95. The maximum atomic E-state index is 5.90. The van der Waals surface area contributed by atoms with Crippen LogP contribution in [-0.4, -0.2) is 7.05 Å². The van der Waals surface area contributed by atoms with Crippen molar-refractivity contribution in [2.45, 2.75) is 13.3 Å². The van der Waals surface area contributed by atoms with E-state index in [9.17, 15) is 0 Å². The van der Waals surface area contributed by atoms with Crippen LogP contribution in [0, 0.1) is 0 Å². The van der Waals surface area contributed by atoms with Gasteiger partial charge in [-0.05, 0) is 35.9 Å². The van der Waals surface area contributed by atoms with E-state index in [0.29, 0.717) is 0 Å². The van der Waals surface area contributed by atoms with E-state index in [4.69, 9.17) is 11.6 Å². The van der Waals surface area contributed by atoms with Crippen molar-refractivity contribution in [2.24, 2.45) is 0 Å². The second-order valence-electron chi connectivity index (χ2n) is 2.82. The molecule has 13 heavy (non-hydrogen) atoms. The van der Waals surface area contributed by atoms with Gasteiger partial charge in [-0.25, -0.2) is 0 Å². The molecule has 0 spiro atoms. The van der Waals surface area contributed by atoms with Crippen molar-refractivity contribution in [2.75, 3.05) is 7.05 Å². The molecule has 1 rings (SSSR count). The fraction of sp³-hybridized carbons (Fsp3) is 0.273. The van der Waals surface area contributed by atoms with Gasteiger partial charge in [0.25, 0.3) is 0 Å². The number of halogens is 1. The van der Waals surface area contributed by atoms with E-state index in [1.165, 1.54) is 11.1 Å². The van der Waals surface area contributed by atoms with Crippen LogP contribution >= 0.6 is 11.6 Å². The molecule has 0 aliphatic heterocycles. The Labute approximate surface area is 84.4 Å². The second kappa shape index (κ2) is 4.93. The Hall–Kier alpha value is -0.950. The molecule has 0 aliphatic carbocycles. The summed E-state index contributed by atoms with van der Waals surface area (Å²) in [6.45, 7) is 2.13. The molecule has 0 saturated heterocycles. The Morgan fingerprint density at radius 1 is 1.54 bits per heavy atom. The van der Waals surface area contributed by atoms with Gasteiger partial charge in [0, 0.05) is 12.1 Å². The molecule has 0 unspecified atom stereocenters. The molecule has 0 heterocycles.